The highest BCUT2D eigenvalue weighted by molar-refractivity contribution is 5.85. The number of halogens is 1. The van der Waals surface area contributed by atoms with Crippen LogP contribution in [0, 0.1) is 5.92 Å². The Labute approximate surface area is 174 Å². The highest BCUT2D eigenvalue weighted by atomic mass is 35.5. The minimum absolute atomic E-state index is 0. The first-order valence-corrected chi connectivity index (χ1v) is 10.4. The van der Waals surface area contributed by atoms with Gasteiger partial charge in [-0.15, -0.1) is 12.4 Å². The summed E-state index contributed by atoms with van der Waals surface area (Å²) in [5, 5.41) is 6.50. The van der Waals surface area contributed by atoms with E-state index in [0.717, 1.165) is 31.0 Å². The molecule has 1 unspecified atom stereocenters. The molecule has 0 saturated carbocycles. The Kier molecular flexibility index (Phi) is 7.52. The summed E-state index contributed by atoms with van der Waals surface area (Å²) in [4.78, 5) is 12.3. The standard InChI is InChI=1S/C24H30N2O.ClH/c27-24(26-17-20-9-10-22-3-1-2-4-23(22)14-20)15-19-7-5-18(6-8-19)13-21-11-12-25-16-21;/h5-10,14,21,25H,1-4,11-13,15-17H2,(H,26,27);1H. The normalized spacial score (nSPS) is 18.2. The van der Waals surface area contributed by atoms with Crippen molar-refractivity contribution in [2.24, 2.45) is 5.92 Å². The van der Waals surface area contributed by atoms with Gasteiger partial charge in [0.15, 0.2) is 0 Å². The van der Waals surface area contributed by atoms with Gasteiger partial charge in [0.05, 0.1) is 6.42 Å². The van der Waals surface area contributed by atoms with E-state index in [9.17, 15) is 4.79 Å². The summed E-state index contributed by atoms with van der Waals surface area (Å²) in [6.45, 7) is 2.90. The van der Waals surface area contributed by atoms with Crippen LogP contribution in [0.25, 0.3) is 0 Å². The van der Waals surface area contributed by atoms with Gasteiger partial charge in [-0.3, -0.25) is 4.79 Å². The fourth-order valence-corrected chi connectivity index (χ4v) is 4.36. The predicted octanol–water partition coefficient (Wildman–Crippen LogP) is 4.00. The number of aryl methyl sites for hydroxylation is 2. The lowest BCUT2D eigenvalue weighted by molar-refractivity contribution is -0.120. The average Bonchev–Trinajstić information content (AvgIpc) is 3.21. The van der Waals surface area contributed by atoms with Crippen LogP contribution in [0.2, 0.25) is 0 Å². The summed E-state index contributed by atoms with van der Waals surface area (Å²) < 4.78 is 0. The largest absolute Gasteiger partial charge is 0.352 e. The molecule has 1 aliphatic carbocycles. The van der Waals surface area contributed by atoms with E-state index in [1.165, 1.54) is 54.4 Å². The number of carbonyl (C=O) groups excluding carboxylic acids is 1. The van der Waals surface area contributed by atoms with Gasteiger partial charge in [-0.05, 0) is 85.3 Å². The van der Waals surface area contributed by atoms with Crippen molar-refractivity contribution in [2.75, 3.05) is 13.1 Å². The van der Waals surface area contributed by atoms with Crippen molar-refractivity contribution in [3.05, 3.63) is 70.3 Å². The summed E-state index contributed by atoms with van der Waals surface area (Å²) in [5.74, 6) is 0.858. The first-order chi connectivity index (χ1) is 13.3. The molecule has 1 aliphatic heterocycles. The van der Waals surface area contributed by atoms with Crippen LogP contribution in [0.3, 0.4) is 0 Å². The molecule has 1 fully saturated rings. The van der Waals surface area contributed by atoms with Gasteiger partial charge in [0.1, 0.15) is 0 Å². The van der Waals surface area contributed by atoms with Gasteiger partial charge in [-0.25, -0.2) is 0 Å². The molecule has 2 aromatic carbocycles. The highest BCUT2D eigenvalue weighted by Gasteiger charge is 2.15. The molecule has 28 heavy (non-hydrogen) atoms. The van der Waals surface area contributed by atoms with Gasteiger partial charge >= 0.3 is 0 Å². The molecule has 0 spiro atoms. The zero-order chi connectivity index (χ0) is 18.5. The Morgan fingerprint density at radius 3 is 2.43 bits per heavy atom. The van der Waals surface area contributed by atoms with E-state index in [-0.39, 0.29) is 18.3 Å². The lowest BCUT2D eigenvalue weighted by Gasteiger charge is -2.16. The summed E-state index contributed by atoms with van der Waals surface area (Å²) >= 11 is 0. The summed E-state index contributed by atoms with van der Waals surface area (Å²) in [5.41, 5.74) is 6.64. The van der Waals surface area contributed by atoms with Crippen LogP contribution in [0.4, 0.5) is 0 Å². The van der Waals surface area contributed by atoms with Gasteiger partial charge in [0, 0.05) is 6.54 Å². The number of fused-ring (bicyclic) bond motifs is 1. The second-order valence-corrected chi connectivity index (χ2v) is 8.14. The smallest absolute Gasteiger partial charge is 0.224 e. The first-order valence-electron chi connectivity index (χ1n) is 10.4. The Morgan fingerprint density at radius 1 is 0.964 bits per heavy atom. The molecule has 2 aromatic rings. The van der Waals surface area contributed by atoms with Gasteiger partial charge in [0.2, 0.25) is 5.91 Å². The topological polar surface area (TPSA) is 41.1 Å². The molecular weight excluding hydrogens is 368 g/mol. The summed E-state index contributed by atoms with van der Waals surface area (Å²) in [7, 11) is 0. The minimum atomic E-state index is 0. The van der Waals surface area contributed by atoms with Crippen LogP contribution in [-0.4, -0.2) is 19.0 Å². The maximum absolute atomic E-state index is 12.3. The van der Waals surface area contributed by atoms with Crippen LogP contribution in [0.1, 0.15) is 47.1 Å². The minimum Gasteiger partial charge on any atom is -0.352 e. The molecule has 2 aliphatic rings. The fraction of sp³-hybridized carbons (Fsp3) is 0.458. The molecule has 1 atom stereocenters. The summed E-state index contributed by atoms with van der Waals surface area (Å²) in [6.07, 6.45) is 7.84. The van der Waals surface area contributed by atoms with Gasteiger partial charge in [0.25, 0.3) is 0 Å². The van der Waals surface area contributed by atoms with Gasteiger partial charge < -0.3 is 10.6 Å². The molecule has 4 heteroatoms. The van der Waals surface area contributed by atoms with E-state index >= 15 is 0 Å². The number of carbonyl (C=O) groups is 1. The number of benzene rings is 2. The van der Waals surface area contributed by atoms with Crippen LogP contribution in [-0.2, 0) is 37.0 Å². The summed E-state index contributed by atoms with van der Waals surface area (Å²) in [6, 6.07) is 15.3. The van der Waals surface area contributed by atoms with Crippen LogP contribution < -0.4 is 10.6 Å². The molecule has 1 heterocycles. The van der Waals surface area contributed by atoms with E-state index in [4.69, 9.17) is 0 Å². The second-order valence-electron chi connectivity index (χ2n) is 8.14. The first kappa shape index (κ1) is 20.9. The van der Waals surface area contributed by atoms with Crippen LogP contribution >= 0.6 is 12.4 Å². The third-order valence-electron chi connectivity index (χ3n) is 5.98. The maximum atomic E-state index is 12.3. The third kappa shape index (κ3) is 5.59. The average molecular weight is 399 g/mol. The molecule has 0 bridgehead atoms. The van der Waals surface area contributed by atoms with Crippen molar-refractivity contribution in [2.45, 2.75) is 51.5 Å². The van der Waals surface area contributed by atoms with Crippen molar-refractivity contribution in [3.8, 4) is 0 Å². The molecule has 4 rings (SSSR count). The van der Waals surface area contributed by atoms with Crippen molar-refractivity contribution >= 4 is 18.3 Å². The monoisotopic (exact) mass is 398 g/mol. The van der Waals surface area contributed by atoms with E-state index in [0.29, 0.717) is 13.0 Å². The number of amides is 1. The molecular formula is C24H31ClN2O. The lowest BCUT2D eigenvalue weighted by atomic mass is 9.90. The number of nitrogens with one attached hydrogen (secondary N) is 2. The zero-order valence-electron chi connectivity index (χ0n) is 16.5. The number of rotatable bonds is 6. The molecule has 2 N–H and O–H groups in total. The Bertz CT molecular complexity index is 782. The molecule has 1 amide bonds. The van der Waals surface area contributed by atoms with Crippen LogP contribution in [0.5, 0.6) is 0 Å². The molecule has 3 nitrogen and oxygen atoms in total. The van der Waals surface area contributed by atoms with E-state index < -0.39 is 0 Å². The Hall–Kier alpha value is -1.84. The molecule has 150 valence electrons. The Morgan fingerprint density at radius 2 is 1.68 bits per heavy atom. The van der Waals surface area contributed by atoms with E-state index in [2.05, 4.69) is 53.1 Å². The SMILES string of the molecule is Cl.O=C(Cc1ccc(CC2CCNC2)cc1)NCc1ccc2c(c1)CCCC2. The van der Waals surface area contributed by atoms with Crippen molar-refractivity contribution in [1.29, 1.82) is 0 Å². The number of hydrogen-bond acceptors (Lipinski definition) is 2. The molecule has 0 aromatic heterocycles. The van der Waals surface area contributed by atoms with Crippen LogP contribution in [0.15, 0.2) is 42.5 Å². The molecule has 0 radical (unpaired) electrons. The zero-order valence-corrected chi connectivity index (χ0v) is 17.3. The van der Waals surface area contributed by atoms with Gasteiger partial charge in [-0.1, -0.05) is 42.5 Å². The number of hydrogen-bond donors (Lipinski definition) is 2. The van der Waals surface area contributed by atoms with Gasteiger partial charge in [-0.2, -0.15) is 0 Å². The lowest BCUT2D eigenvalue weighted by Crippen LogP contribution is -2.24. The second kappa shape index (κ2) is 10.1. The Balaban J connectivity index is 0.00000225. The third-order valence-corrected chi connectivity index (χ3v) is 5.98. The fourth-order valence-electron chi connectivity index (χ4n) is 4.36. The van der Waals surface area contributed by atoms with Crippen molar-refractivity contribution in [1.82, 2.24) is 10.6 Å². The maximum Gasteiger partial charge on any atom is 0.224 e. The van der Waals surface area contributed by atoms with Crippen molar-refractivity contribution < 1.29 is 4.79 Å². The van der Waals surface area contributed by atoms with E-state index in [1.54, 1.807) is 0 Å². The highest BCUT2D eigenvalue weighted by Crippen LogP contribution is 2.22. The predicted molar refractivity (Wildman–Crippen MR) is 117 cm³/mol. The van der Waals surface area contributed by atoms with E-state index in [1.807, 2.05) is 0 Å². The quantitative estimate of drug-likeness (QED) is 0.772. The molecule has 1 saturated heterocycles. The van der Waals surface area contributed by atoms with Crippen molar-refractivity contribution in [3.63, 3.8) is 0 Å².